The molecular formula is C30H30N4. The summed E-state index contributed by atoms with van der Waals surface area (Å²) in [5, 5.41) is 0. The zero-order valence-corrected chi connectivity index (χ0v) is 19.5. The van der Waals surface area contributed by atoms with E-state index >= 15 is 0 Å². The summed E-state index contributed by atoms with van der Waals surface area (Å²) in [7, 11) is 0. The molecule has 0 spiro atoms. The minimum atomic E-state index is 0.600. The average Bonchev–Trinajstić information content (AvgIpc) is 2.93. The van der Waals surface area contributed by atoms with E-state index < -0.39 is 0 Å². The van der Waals surface area contributed by atoms with Crippen LogP contribution in [-0.4, -0.2) is 27.5 Å². The van der Waals surface area contributed by atoms with Crippen molar-refractivity contribution in [3.8, 4) is 33.8 Å². The number of pyridine rings is 1. The molecule has 2 atom stereocenters. The molecule has 1 aliphatic heterocycles. The van der Waals surface area contributed by atoms with Crippen LogP contribution in [0.15, 0.2) is 85.2 Å². The van der Waals surface area contributed by atoms with E-state index in [1.54, 1.807) is 0 Å². The maximum atomic E-state index is 5.12. The fourth-order valence-corrected chi connectivity index (χ4v) is 5.72. The summed E-state index contributed by atoms with van der Waals surface area (Å²) < 4.78 is 0. The van der Waals surface area contributed by atoms with Crippen molar-refractivity contribution in [2.24, 2.45) is 5.92 Å². The lowest BCUT2D eigenvalue weighted by Crippen LogP contribution is -2.47. The summed E-state index contributed by atoms with van der Waals surface area (Å²) in [5.41, 5.74) is 5.28. The Morgan fingerprint density at radius 1 is 0.647 bits per heavy atom. The smallest absolute Gasteiger partial charge is 0.162 e. The molecule has 1 aliphatic carbocycles. The lowest BCUT2D eigenvalue weighted by Gasteiger charge is -2.45. The Morgan fingerprint density at radius 2 is 1.35 bits per heavy atom. The topological polar surface area (TPSA) is 41.9 Å². The van der Waals surface area contributed by atoms with E-state index in [2.05, 4.69) is 70.5 Å². The molecule has 1 saturated heterocycles. The molecule has 4 heteroatoms. The summed E-state index contributed by atoms with van der Waals surface area (Å²) in [6.07, 6.45) is 11.8. The number of benzene rings is 2. The van der Waals surface area contributed by atoms with Crippen molar-refractivity contribution in [1.29, 1.82) is 0 Å². The van der Waals surface area contributed by atoms with Crippen molar-refractivity contribution in [3.05, 3.63) is 85.2 Å². The van der Waals surface area contributed by atoms with Crippen LogP contribution < -0.4 is 4.90 Å². The Morgan fingerprint density at radius 3 is 2.18 bits per heavy atom. The largest absolute Gasteiger partial charge is 0.353 e. The van der Waals surface area contributed by atoms with E-state index in [9.17, 15) is 0 Å². The Bertz CT molecular complexity index is 1250. The molecule has 2 aliphatic rings. The maximum absolute atomic E-state index is 5.12. The Kier molecular flexibility index (Phi) is 5.80. The Labute approximate surface area is 201 Å². The minimum Gasteiger partial charge on any atom is -0.353 e. The normalized spacial score (nSPS) is 20.1. The lowest BCUT2D eigenvalue weighted by atomic mass is 9.78. The van der Waals surface area contributed by atoms with E-state index in [4.69, 9.17) is 9.97 Å². The number of rotatable bonds is 4. The van der Waals surface area contributed by atoms with Crippen molar-refractivity contribution >= 4 is 5.82 Å². The van der Waals surface area contributed by atoms with Crippen LogP contribution in [0.4, 0.5) is 5.82 Å². The van der Waals surface area contributed by atoms with Gasteiger partial charge in [0.05, 0.1) is 5.69 Å². The molecule has 4 aromatic rings. The van der Waals surface area contributed by atoms with Gasteiger partial charge in [0.15, 0.2) is 5.82 Å². The average molecular weight is 447 g/mol. The third kappa shape index (κ3) is 4.21. The van der Waals surface area contributed by atoms with E-state index in [1.807, 2.05) is 24.5 Å². The second kappa shape index (κ2) is 9.38. The molecule has 3 heterocycles. The van der Waals surface area contributed by atoms with Crippen molar-refractivity contribution in [2.45, 2.75) is 44.6 Å². The van der Waals surface area contributed by atoms with Gasteiger partial charge in [0.25, 0.3) is 0 Å². The van der Waals surface area contributed by atoms with Gasteiger partial charge in [0.1, 0.15) is 5.82 Å². The fraction of sp³-hybridized carbons (Fsp3) is 0.300. The number of nitrogens with zero attached hydrogens (tertiary/aromatic N) is 4. The molecule has 6 rings (SSSR count). The molecule has 2 unspecified atom stereocenters. The highest BCUT2D eigenvalue weighted by molar-refractivity contribution is 5.73. The van der Waals surface area contributed by atoms with Crippen LogP contribution in [0.25, 0.3) is 33.8 Å². The number of aromatic nitrogens is 3. The van der Waals surface area contributed by atoms with Crippen LogP contribution in [0, 0.1) is 5.92 Å². The summed E-state index contributed by atoms with van der Waals surface area (Å²) in [6, 6.07) is 25.8. The lowest BCUT2D eigenvalue weighted by molar-refractivity contribution is 0.243. The van der Waals surface area contributed by atoms with Crippen molar-refractivity contribution in [2.75, 3.05) is 11.4 Å². The molecule has 170 valence electrons. The van der Waals surface area contributed by atoms with Gasteiger partial charge in [-0.2, -0.15) is 0 Å². The molecule has 0 radical (unpaired) electrons. The Hall–Kier alpha value is -3.53. The standard InChI is InChI=1S/C30H30N4/c1-3-10-22(11-4-1)25-18-26(21-31-20-25)27-19-29(33-30(32-27)24-13-5-2-6-14-24)34-17-9-15-23-12-7-8-16-28(23)34/h1-6,10-11,13-14,18-21,23,28H,7-9,12,15-17H2. The molecule has 2 fully saturated rings. The third-order valence-electron chi connectivity index (χ3n) is 7.42. The van der Waals surface area contributed by atoms with E-state index in [0.717, 1.165) is 52.1 Å². The molecule has 0 N–H and O–H groups in total. The first kappa shape index (κ1) is 21.0. The molecule has 4 nitrogen and oxygen atoms in total. The highest BCUT2D eigenvalue weighted by atomic mass is 15.2. The van der Waals surface area contributed by atoms with Gasteiger partial charge in [-0.05, 0) is 43.2 Å². The molecule has 0 bridgehead atoms. The van der Waals surface area contributed by atoms with Gasteiger partial charge in [-0.25, -0.2) is 9.97 Å². The van der Waals surface area contributed by atoms with Crippen LogP contribution in [-0.2, 0) is 0 Å². The number of anilines is 1. The number of fused-ring (bicyclic) bond motifs is 1. The second-order valence-electron chi connectivity index (χ2n) is 9.58. The third-order valence-corrected chi connectivity index (χ3v) is 7.42. The van der Waals surface area contributed by atoms with Crippen molar-refractivity contribution < 1.29 is 0 Å². The van der Waals surface area contributed by atoms with E-state index in [0.29, 0.717) is 6.04 Å². The van der Waals surface area contributed by atoms with Crippen LogP contribution in [0.2, 0.25) is 0 Å². The molecule has 2 aromatic heterocycles. The van der Waals surface area contributed by atoms with Gasteiger partial charge < -0.3 is 4.90 Å². The first-order chi connectivity index (χ1) is 16.8. The van der Waals surface area contributed by atoms with Gasteiger partial charge in [0, 0.05) is 47.7 Å². The van der Waals surface area contributed by atoms with Crippen LogP contribution in [0.3, 0.4) is 0 Å². The number of piperidine rings is 1. The van der Waals surface area contributed by atoms with E-state index in [-0.39, 0.29) is 0 Å². The predicted octanol–water partition coefficient (Wildman–Crippen LogP) is 7.03. The van der Waals surface area contributed by atoms with Gasteiger partial charge >= 0.3 is 0 Å². The van der Waals surface area contributed by atoms with Crippen molar-refractivity contribution in [3.63, 3.8) is 0 Å². The zero-order valence-electron chi connectivity index (χ0n) is 19.5. The number of hydrogen-bond donors (Lipinski definition) is 0. The molecular weight excluding hydrogens is 416 g/mol. The summed E-state index contributed by atoms with van der Waals surface area (Å²) >= 11 is 0. The quantitative estimate of drug-likeness (QED) is 0.337. The fourth-order valence-electron chi connectivity index (χ4n) is 5.72. The first-order valence-electron chi connectivity index (χ1n) is 12.6. The molecule has 1 saturated carbocycles. The highest BCUT2D eigenvalue weighted by Crippen LogP contribution is 2.38. The summed E-state index contributed by atoms with van der Waals surface area (Å²) in [4.78, 5) is 17.3. The first-order valence-corrected chi connectivity index (χ1v) is 12.6. The summed E-state index contributed by atoms with van der Waals surface area (Å²) in [5.74, 6) is 2.64. The molecule has 2 aromatic carbocycles. The van der Waals surface area contributed by atoms with Gasteiger partial charge in [-0.1, -0.05) is 73.5 Å². The van der Waals surface area contributed by atoms with Gasteiger partial charge in [-0.15, -0.1) is 0 Å². The Balaban J connectivity index is 1.45. The maximum Gasteiger partial charge on any atom is 0.162 e. The monoisotopic (exact) mass is 446 g/mol. The second-order valence-corrected chi connectivity index (χ2v) is 9.58. The van der Waals surface area contributed by atoms with E-state index in [1.165, 1.54) is 38.5 Å². The number of hydrogen-bond acceptors (Lipinski definition) is 4. The summed E-state index contributed by atoms with van der Waals surface area (Å²) in [6.45, 7) is 1.08. The highest BCUT2D eigenvalue weighted by Gasteiger charge is 2.34. The van der Waals surface area contributed by atoms with Crippen LogP contribution in [0.5, 0.6) is 0 Å². The van der Waals surface area contributed by atoms with Crippen LogP contribution >= 0.6 is 0 Å². The molecule has 0 amide bonds. The van der Waals surface area contributed by atoms with Crippen LogP contribution in [0.1, 0.15) is 38.5 Å². The molecule has 34 heavy (non-hydrogen) atoms. The van der Waals surface area contributed by atoms with Gasteiger partial charge in [-0.3, -0.25) is 4.98 Å². The minimum absolute atomic E-state index is 0.600. The van der Waals surface area contributed by atoms with Gasteiger partial charge in [0.2, 0.25) is 0 Å². The zero-order chi connectivity index (χ0) is 22.7. The van der Waals surface area contributed by atoms with Crippen molar-refractivity contribution in [1.82, 2.24) is 15.0 Å². The predicted molar refractivity (Wildman–Crippen MR) is 138 cm³/mol. The SMILES string of the molecule is c1ccc(-c2cncc(-c3cc(N4CCCC5CCCCC54)nc(-c4ccccc4)n3)c2)cc1.